The Hall–Kier alpha value is -0.650. The van der Waals surface area contributed by atoms with E-state index < -0.39 is 5.54 Å². The predicted octanol–water partition coefficient (Wildman–Crippen LogP) is 1.22. The van der Waals surface area contributed by atoms with Crippen molar-refractivity contribution in [2.75, 3.05) is 13.2 Å². The highest BCUT2D eigenvalue weighted by Crippen LogP contribution is 2.49. The number of nitrogens with one attached hydrogen (secondary N) is 1. The molecule has 5 heteroatoms. The molecule has 3 N–H and O–H groups in total. The van der Waals surface area contributed by atoms with Crippen molar-refractivity contribution in [2.24, 2.45) is 17.1 Å². The topological polar surface area (TPSA) is 73.6 Å². The molecule has 0 aliphatic heterocycles. The predicted molar refractivity (Wildman–Crippen MR) is 69.7 cm³/mol. The summed E-state index contributed by atoms with van der Waals surface area (Å²) in [5, 5.41) is 0. The van der Waals surface area contributed by atoms with Crippen LogP contribution in [0.2, 0.25) is 0 Å². The van der Waals surface area contributed by atoms with Gasteiger partial charge in [0.2, 0.25) is 0 Å². The fourth-order valence-electron chi connectivity index (χ4n) is 2.19. The molecule has 1 aliphatic carbocycles. The van der Waals surface area contributed by atoms with E-state index in [0.29, 0.717) is 25.6 Å². The minimum Gasteiger partial charge on any atom is -0.378 e. The molecule has 0 spiro atoms. The first kappa shape index (κ1) is 15.4. The van der Waals surface area contributed by atoms with Crippen LogP contribution < -0.4 is 11.2 Å². The first-order chi connectivity index (χ1) is 8.25. The van der Waals surface area contributed by atoms with Crippen molar-refractivity contribution in [3.8, 4) is 0 Å². The number of hydroxylamine groups is 1. The molecule has 0 aromatic heterocycles. The maximum absolute atomic E-state index is 12.1. The molecular weight excluding hydrogens is 232 g/mol. The summed E-state index contributed by atoms with van der Waals surface area (Å²) < 4.78 is 5.58. The SMILES string of the molecule is CCOC1CC(N)(C(=O)NOCC(C)C)C1(C)C. The van der Waals surface area contributed by atoms with Gasteiger partial charge in [-0.2, -0.15) is 0 Å². The Morgan fingerprint density at radius 1 is 1.50 bits per heavy atom. The van der Waals surface area contributed by atoms with Crippen molar-refractivity contribution < 1.29 is 14.4 Å². The molecule has 1 saturated carbocycles. The minimum absolute atomic E-state index is 0.0309. The Bertz CT molecular complexity index is 305. The van der Waals surface area contributed by atoms with E-state index in [0.717, 1.165) is 0 Å². The van der Waals surface area contributed by atoms with Crippen LogP contribution >= 0.6 is 0 Å². The van der Waals surface area contributed by atoms with Gasteiger partial charge in [-0.05, 0) is 12.8 Å². The van der Waals surface area contributed by atoms with Crippen molar-refractivity contribution in [1.82, 2.24) is 5.48 Å². The molecule has 0 radical (unpaired) electrons. The van der Waals surface area contributed by atoms with E-state index in [-0.39, 0.29) is 17.4 Å². The molecule has 0 heterocycles. The van der Waals surface area contributed by atoms with E-state index in [1.807, 2.05) is 34.6 Å². The minimum atomic E-state index is -0.913. The lowest BCUT2D eigenvalue weighted by molar-refractivity contribution is -0.180. The van der Waals surface area contributed by atoms with Gasteiger partial charge in [0.15, 0.2) is 0 Å². The number of carbonyl (C=O) groups is 1. The van der Waals surface area contributed by atoms with Crippen molar-refractivity contribution in [3.63, 3.8) is 0 Å². The van der Waals surface area contributed by atoms with E-state index >= 15 is 0 Å². The van der Waals surface area contributed by atoms with Gasteiger partial charge in [-0.15, -0.1) is 0 Å². The zero-order valence-electron chi connectivity index (χ0n) is 12.1. The number of ether oxygens (including phenoxy) is 1. The number of carbonyl (C=O) groups excluding carboxylic acids is 1. The Balaban J connectivity index is 2.53. The van der Waals surface area contributed by atoms with Crippen molar-refractivity contribution in [1.29, 1.82) is 0 Å². The molecule has 106 valence electrons. The van der Waals surface area contributed by atoms with Crippen LogP contribution in [0.3, 0.4) is 0 Å². The van der Waals surface area contributed by atoms with Gasteiger partial charge >= 0.3 is 0 Å². The zero-order valence-corrected chi connectivity index (χ0v) is 12.1. The van der Waals surface area contributed by atoms with Gasteiger partial charge in [0.05, 0.1) is 12.7 Å². The zero-order chi connectivity index (χ0) is 14.0. The molecular formula is C13H26N2O3. The second-order valence-electron chi connectivity index (χ2n) is 5.98. The lowest BCUT2D eigenvalue weighted by atomic mass is 9.54. The van der Waals surface area contributed by atoms with Crippen LogP contribution in [0.25, 0.3) is 0 Å². The van der Waals surface area contributed by atoms with Crippen LogP contribution in [-0.4, -0.2) is 30.8 Å². The van der Waals surface area contributed by atoms with Crippen LogP contribution in [0, 0.1) is 11.3 Å². The third-order valence-electron chi connectivity index (χ3n) is 3.82. The van der Waals surface area contributed by atoms with Crippen molar-refractivity contribution >= 4 is 5.91 Å². The monoisotopic (exact) mass is 258 g/mol. The highest BCUT2D eigenvalue weighted by Gasteiger charge is 2.63. The number of hydrogen-bond donors (Lipinski definition) is 2. The second kappa shape index (κ2) is 5.55. The second-order valence-corrected chi connectivity index (χ2v) is 5.98. The van der Waals surface area contributed by atoms with Crippen LogP contribution in [0.15, 0.2) is 0 Å². The lowest BCUT2D eigenvalue weighted by Gasteiger charge is -2.57. The van der Waals surface area contributed by atoms with E-state index in [2.05, 4.69) is 5.48 Å². The van der Waals surface area contributed by atoms with Gasteiger partial charge in [-0.1, -0.05) is 27.7 Å². The maximum atomic E-state index is 12.1. The number of nitrogens with two attached hydrogens (primary N) is 1. The summed E-state index contributed by atoms with van der Waals surface area (Å²) in [5.41, 5.74) is 7.35. The molecule has 2 atom stereocenters. The number of hydrogen-bond acceptors (Lipinski definition) is 4. The largest absolute Gasteiger partial charge is 0.378 e. The van der Waals surface area contributed by atoms with E-state index in [4.69, 9.17) is 15.3 Å². The van der Waals surface area contributed by atoms with Gasteiger partial charge in [0.25, 0.3) is 5.91 Å². The van der Waals surface area contributed by atoms with Gasteiger partial charge in [-0.25, -0.2) is 5.48 Å². The molecule has 0 saturated heterocycles. The fourth-order valence-corrected chi connectivity index (χ4v) is 2.19. The van der Waals surface area contributed by atoms with Crippen LogP contribution in [0.4, 0.5) is 0 Å². The normalized spacial score (nSPS) is 30.1. The van der Waals surface area contributed by atoms with Crippen LogP contribution in [0.1, 0.15) is 41.0 Å². The molecule has 0 aromatic rings. The van der Waals surface area contributed by atoms with Crippen LogP contribution in [0.5, 0.6) is 0 Å². The smallest absolute Gasteiger partial charge is 0.264 e. The molecule has 0 aromatic carbocycles. The van der Waals surface area contributed by atoms with Gasteiger partial charge in [0, 0.05) is 18.4 Å². The first-order valence-electron chi connectivity index (χ1n) is 6.58. The number of amides is 1. The van der Waals surface area contributed by atoms with E-state index in [9.17, 15) is 4.79 Å². The van der Waals surface area contributed by atoms with E-state index in [1.165, 1.54) is 0 Å². The summed E-state index contributed by atoms with van der Waals surface area (Å²) in [4.78, 5) is 17.2. The highest BCUT2D eigenvalue weighted by molar-refractivity contribution is 5.88. The maximum Gasteiger partial charge on any atom is 0.264 e. The average Bonchev–Trinajstić information content (AvgIpc) is 2.27. The molecule has 1 aliphatic rings. The van der Waals surface area contributed by atoms with E-state index in [1.54, 1.807) is 0 Å². The fraction of sp³-hybridized carbons (Fsp3) is 0.923. The van der Waals surface area contributed by atoms with Crippen molar-refractivity contribution in [2.45, 2.75) is 52.7 Å². The summed E-state index contributed by atoms with van der Waals surface area (Å²) in [6.07, 6.45) is 0.563. The summed E-state index contributed by atoms with van der Waals surface area (Å²) in [7, 11) is 0. The summed E-state index contributed by atoms with van der Waals surface area (Å²) in [6.45, 7) is 11.0. The summed E-state index contributed by atoms with van der Waals surface area (Å²) in [6, 6.07) is 0. The third-order valence-corrected chi connectivity index (χ3v) is 3.82. The Labute approximate surface area is 109 Å². The summed E-state index contributed by atoms with van der Waals surface area (Å²) >= 11 is 0. The molecule has 0 bridgehead atoms. The molecule has 1 amide bonds. The Morgan fingerprint density at radius 3 is 2.56 bits per heavy atom. The van der Waals surface area contributed by atoms with Gasteiger partial charge in [0.1, 0.15) is 5.54 Å². The Morgan fingerprint density at radius 2 is 2.11 bits per heavy atom. The molecule has 2 unspecified atom stereocenters. The third kappa shape index (κ3) is 2.68. The summed E-state index contributed by atoms with van der Waals surface area (Å²) in [5.74, 6) is 0.105. The quantitative estimate of drug-likeness (QED) is 0.703. The highest BCUT2D eigenvalue weighted by atomic mass is 16.7. The van der Waals surface area contributed by atoms with Gasteiger partial charge in [-0.3, -0.25) is 9.63 Å². The average molecular weight is 258 g/mol. The molecule has 18 heavy (non-hydrogen) atoms. The Kier molecular flexibility index (Phi) is 4.75. The molecule has 1 rings (SSSR count). The standard InChI is InChI=1S/C13H26N2O3/c1-6-17-10-7-13(14,12(10,4)5)11(16)15-18-8-9(2)3/h9-10H,6-8,14H2,1-5H3,(H,15,16). The molecule has 5 nitrogen and oxygen atoms in total. The number of rotatable bonds is 6. The first-order valence-corrected chi connectivity index (χ1v) is 6.58. The molecule has 1 fully saturated rings. The van der Waals surface area contributed by atoms with Crippen molar-refractivity contribution in [3.05, 3.63) is 0 Å². The lowest BCUT2D eigenvalue weighted by Crippen LogP contribution is -2.75. The van der Waals surface area contributed by atoms with Crippen LogP contribution in [-0.2, 0) is 14.4 Å². The van der Waals surface area contributed by atoms with Gasteiger partial charge < -0.3 is 10.5 Å².